The van der Waals surface area contributed by atoms with E-state index in [4.69, 9.17) is 28.3 Å². The summed E-state index contributed by atoms with van der Waals surface area (Å²) in [6, 6.07) is 5.53. The van der Waals surface area contributed by atoms with Crippen LogP contribution in [0, 0.1) is 0 Å². The lowest BCUT2D eigenvalue weighted by Crippen LogP contribution is -2.30. The van der Waals surface area contributed by atoms with Crippen LogP contribution in [0.15, 0.2) is 18.2 Å². The largest absolute Gasteiger partial charge is 0.395 e. The number of rotatable bonds is 8. The molecular formula is C14H20Cl2N2O2. The Hall–Kier alpha value is -0.810. The third-order valence-electron chi connectivity index (χ3n) is 2.83. The van der Waals surface area contributed by atoms with Gasteiger partial charge in [-0.2, -0.15) is 0 Å². The fourth-order valence-corrected chi connectivity index (χ4v) is 2.20. The van der Waals surface area contributed by atoms with Crippen LogP contribution in [-0.4, -0.2) is 42.2 Å². The smallest absolute Gasteiger partial charge is 0.216 e. The van der Waals surface area contributed by atoms with Crippen molar-refractivity contribution in [1.82, 2.24) is 10.2 Å². The van der Waals surface area contributed by atoms with Crippen LogP contribution < -0.4 is 5.32 Å². The van der Waals surface area contributed by atoms with Crippen molar-refractivity contribution in [1.29, 1.82) is 0 Å². The van der Waals surface area contributed by atoms with Gasteiger partial charge in [-0.3, -0.25) is 9.69 Å². The molecular weight excluding hydrogens is 299 g/mol. The van der Waals surface area contributed by atoms with Crippen LogP contribution in [0.3, 0.4) is 0 Å². The first-order valence-corrected chi connectivity index (χ1v) is 7.30. The van der Waals surface area contributed by atoms with Crippen molar-refractivity contribution in [3.05, 3.63) is 33.8 Å². The molecule has 1 aromatic carbocycles. The Balaban J connectivity index is 2.48. The van der Waals surface area contributed by atoms with Crippen LogP contribution >= 0.6 is 23.2 Å². The summed E-state index contributed by atoms with van der Waals surface area (Å²) in [4.78, 5) is 12.9. The highest BCUT2D eigenvalue weighted by Crippen LogP contribution is 2.23. The summed E-state index contributed by atoms with van der Waals surface area (Å²) < 4.78 is 0. The molecule has 0 aliphatic heterocycles. The van der Waals surface area contributed by atoms with Crippen molar-refractivity contribution in [3.63, 3.8) is 0 Å². The van der Waals surface area contributed by atoms with Gasteiger partial charge in [0.2, 0.25) is 5.91 Å². The van der Waals surface area contributed by atoms with Crippen LogP contribution in [0.25, 0.3) is 0 Å². The van der Waals surface area contributed by atoms with Gasteiger partial charge in [-0.15, -0.1) is 0 Å². The van der Waals surface area contributed by atoms with Gasteiger partial charge in [0, 0.05) is 33.1 Å². The van der Waals surface area contributed by atoms with Crippen LogP contribution in [0.2, 0.25) is 10.0 Å². The number of nitrogens with zero attached hydrogens (tertiary/aromatic N) is 1. The highest BCUT2D eigenvalue weighted by molar-refractivity contribution is 6.42. The quantitative estimate of drug-likeness (QED) is 0.723. The zero-order valence-electron chi connectivity index (χ0n) is 11.5. The van der Waals surface area contributed by atoms with Crippen LogP contribution in [0.5, 0.6) is 0 Å². The zero-order chi connectivity index (χ0) is 15.0. The molecule has 0 radical (unpaired) electrons. The van der Waals surface area contributed by atoms with Gasteiger partial charge < -0.3 is 10.4 Å². The van der Waals surface area contributed by atoms with E-state index in [1.165, 1.54) is 6.92 Å². The minimum atomic E-state index is -0.0248. The first-order chi connectivity index (χ1) is 9.52. The Kier molecular flexibility index (Phi) is 7.92. The number of aliphatic hydroxyl groups is 1. The average Bonchev–Trinajstić information content (AvgIpc) is 2.39. The monoisotopic (exact) mass is 318 g/mol. The van der Waals surface area contributed by atoms with E-state index in [1.54, 1.807) is 6.07 Å². The number of carbonyl (C=O) groups is 1. The molecule has 0 atom stereocenters. The molecule has 0 aliphatic rings. The van der Waals surface area contributed by atoms with Gasteiger partial charge in [0.1, 0.15) is 0 Å². The number of nitrogens with one attached hydrogen (secondary N) is 1. The minimum Gasteiger partial charge on any atom is -0.395 e. The number of amides is 1. The first-order valence-electron chi connectivity index (χ1n) is 6.54. The van der Waals surface area contributed by atoms with Gasteiger partial charge in [0.15, 0.2) is 0 Å². The number of halogens is 2. The third kappa shape index (κ3) is 6.57. The molecule has 1 amide bonds. The molecule has 1 rings (SSSR count). The van der Waals surface area contributed by atoms with Crippen LogP contribution in [0.4, 0.5) is 0 Å². The summed E-state index contributed by atoms with van der Waals surface area (Å²) in [5.74, 6) is -0.0248. The van der Waals surface area contributed by atoms with E-state index in [1.807, 2.05) is 12.1 Å². The van der Waals surface area contributed by atoms with E-state index in [2.05, 4.69) is 10.2 Å². The van der Waals surface area contributed by atoms with Gasteiger partial charge in [0.25, 0.3) is 0 Å². The lowest BCUT2D eigenvalue weighted by Gasteiger charge is -2.21. The first kappa shape index (κ1) is 17.2. The lowest BCUT2D eigenvalue weighted by molar-refractivity contribution is -0.118. The average molecular weight is 319 g/mol. The van der Waals surface area contributed by atoms with Crippen molar-refractivity contribution in [2.24, 2.45) is 0 Å². The summed E-state index contributed by atoms with van der Waals surface area (Å²) in [5, 5.41) is 12.9. The van der Waals surface area contributed by atoms with Crippen LogP contribution in [-0.2, 0) is 11.3 Å². The Morgan fingerprint density at radius 2 is 2.05 bits per heavy atom. The molecule has 0 unspecified atom stereocenters. The fourth-order valence-electron chi connectivity index (χ4n) is 1.87. The Labute approximate surface area is 129 Å². The maximum atomic E-state index is 10.8. The summed E-state index contributed by atoms with van der Waals surface area (Å²) in [7, 11) is 0. The Morgan fingerprint density at radius 3 is 2.65 bits per heavy atom. The normalized spacial score (nSPS) is 10.8. The summed E-state index contributed by atoms with van der Waals surface area (Å²) >= 11 is 11.9. The van der Waals surface area contributed by atoms with E-state index in [-0.39, 0.29) is 12.5 Å². The van der Waals surface area contributed by atoms with Gasteiger partial charge in [0.05, 0.1) is 16.7 Å². The van der Waals surface area contributed by atoms with Crippen molar-refractivity contribution < 1.29 is 9.90 Å². The predicted octanol–water partition coefficient (Wildman–Crippen LogP) is 2.31. The van der Waals surface area contributed by atoms with Gasteiger partial charge in [-0.1, -0.05) is 29.3 Å². The molecule has 0 saturated carbocycles. The predicted molar refractivity (Wildman–Crippen MR) is 82.1 cm³/mol. The zero-order valence-corrected chi connectivity index (χ0v) is 13.0. The van der Waals surface area contributed by atoms with E-state index < -0.39 is 0 Å². The van der Waals surface area contributed by atoms with E-state index in [9.17, 15) is 4.79 Å². The molecule has 20 heavy (non-hydrogen) atoms. The second kappa shape index (κ2) is 9.19. The van der Waals surface area contributed by atoms with Gasteiger partial charge >= 0.3 is 0 Å². The minimum absolute atomic E-state index is 0.0248. The van der Waals surface area contributed by atoms with Gasteiger partial charge in [-0.25, -0.2) is 0 Å². The molecule has 112 valence electrons. The molecule has 4 nitrogen and oxygen atoms in total. The summed E-state index contributed by atoms with van der Waals surface area (Å²) in [5.41, 5.74) is 1.05. The van der Waals surface area contributed by atoms with E-state index in [0.717, 1.165) is 18.5 Å². The molecule has 1 aromatic rings. The van der Waals surface area contributed by atoms with Crippen molar-refractivity contribution in [2.45, 2.75) is 19.9 Å². The standard InChI is InChI=1S/C14H20Cl2N2O2/c1-11(20)17-5-2-6-18(7-8-19)10-12-3-4-13(15)14(16)9-12/h3-4,9,19H,2,5-8,10H2,1H3,(H,17,20). The molecule has 0 heterocycles. The molecule has 0 aromatic heterocycles. The summed E-state index contributed by atoms with van der Waals surface area (Å²) in [6.07, 6.45) is 0.834. The molecule has 2 N–H and O–H groups in total. The maximum absolute atomic E-state index is 10.8. The number of aliphatic hydroxyl groups excluding tert-OH is 1. The third-order valence-corrected chi connectivity index (χ3v) is 3.57. The fraction of sp³-hybridized carbons (Fsp3) is 0.500. The number of carbonyl (C=O) groups excluding carboxylic acids is 1. The molecule has 0 saturated heterocycles. The Bertz CT molecular complexity index is 441. The number of hydrogen-bond acceptors (Lipinski definition) is 3. The van der Waals surface area contributed by atoms with Crippen molar-refractivity contribution in [2.75, 3.05) is 26.2 Å². The highest BCUT2D eigenvalue weighted by Gasteiger charge is 2.07. The van der Waals surface area contributed by atoms with E-state index in [0.29, 0.717) is 29.7 Å². The van der Waals surface area contributed by atoms with Gasteiger partial charge in [-0.05, 0) is 24.1 Å². The molecule has 0 spiro atoms. The van der Waals surface area contributed by atoms with Crippen LogP contribution in [0.1, 0.15) is 18.9 Å². The number of benzene rings is 1. The topological polar surface area (TPSA) is 52.6 Å². The molecule has 0 fully saturated rings. The second-order valence-corrected chi connectivity index (χ2v) is 5.40. The highest BCUT2D eigenvalue weighted by atomic mass is 35.5. The lowest BCUT2D eigenvalue weighted by atomic mass is 10.2. The Morgan fingerprint density at radius 1 is 1.30 bits per heavy atom. The molecule has 0 aliphatic carbocycles. The number of hydrogen-bond donors (Lipinski definition) is 2. The van der Waals surface area contributed by atoms with Crippen molar-refractivity contribution >= 4 is 29.1 Å². The SMILES string of the molecule is CC(=O)NCCCN(CCO)Cc1ccc(Cl)c(Cl)c1. The molecule has 6 heteroatoms. The maximum Gasteiger partial charge on any atom is 0.216 e. The second-order valence-electron chi connectivity index (χ2n) is 4.58. The van der Waals surface area contributed by atoms with Crippen molar-refractivity contribution in [3.8, 4) is 0 Å². The molecule has 0 bridgehead atoms. The summed E-state index contributed by atoms with van der Waals surface area (Å²) in [6.45, 7) is 4.31. The van der Waals surface area contributed by atoms with E-state index >= 15 is 0 Å².